The van der Waals surface area contributed by atoms with Crippen molar-refractivity contribution in [3.05, 3.63) is 65.4 Å². The van der Waals surface area contributed by atoms with Gasteiger partial charge in [-0.25, -0.2) is 4.79 Å². The molecule has 0 saturated carbocycles. The van der Waals surface area contributed by atoms with Crippen LogP contribution < -0.4 is 4.74 Å². The molecule has 4 rings (SSSR count). The van der Waals surface area contributed by atoms with Gasteiger partial charge in [0.1, 0.15) is 5.75 Å². The first-order chi connectivity index (χ1) is 15.1. The summed E-state index contributed by atoms with van der Waals surface area (Å²) in [5.74, 6) is 1.13. The van der Waals surface area contributed by atoms with E-state index in [1.54, 1.807) is 6.07 Å². The monoisotopic (exact) mass is 420 g/mol. The van der Waals surface area contributed by atoms with Crippen LogP contribution in [0.2, 0.25) is 0 Å². The summed E-state index contributed by atoms with van der Waals surface area (Å²) in [5, 5.41) is 9.88. The summed E-state index contributed by atoms with van der Waals surface area (Å²) >= 11 is 0. The van der Waals surface area contributed by atoms with Crippen LogP contribution in [-0.4, -0.2) is 40.8 Å². The Balaban J connectivity index is 1.25. The van der Waals surface area contributed by atoms with Crippen LogP contribution in [0.15, 0.2) is 48.7 Å². The Labute approximate surface area is 184 Å². The molecule has 2 N–H and O–H groups in total. The second kappa shape index (κ2) is 10.0. The van der Waals surface area contributed by atoms with Crippen LogP contribution in [0.1, 0.15) is 42.4 Å². The number of nitrogens with zero attached hydrogens (tertiary/aromatic N) is 1. The number of unbranched alkanes of at least 4 members (excludes halogenated alkanes) is 1. The van der Waals surface area contributed by atoms with Crippen LogP contribution >= 0.6 is 0 Å². The number of nitrogens with one attached hydrogen (secondary N) is 1. The SMILES string of the molecule is Cc1ccc(CC2CCCN(CCCCc3c[nH]c4ccc(OC(=O)O)cc34)C2)cc1. The molecule has 1 aromatic heterocycles. The van der Waals surface area contributed by atoms with Gasteiger partial charge in [-0.3, -0.25) is 0 Å². The molecule has 1 unspecified atom stereocenters. The number of benzene rings is 2. The van der Waals surface area contributed by atoms with Gasteiger partial charge in [-0.1, -0.05) is 29.8 Å². The third kappa shape index (κ3) is 5.88. The molecule has 5 nitrogen and oxygen atoms in total. The number of piperidine rings is 1. The molecular weight excluding hydrogens is 388 g/mol. The number of aryl methyl sites for hydroxylation is 2. The van der Waals surface area contributed by atoms with Crippen molar-refractivity contribution < 1.29 is 14.6 Å². The lowest BCUT2D eigenvalue weighted by atomic mass is 9.91. The zero-order valence-corrected chi connectivity index (χ0v) is 18.3. The van der Waals surface area contributed by atoms with Crippen molar-refractivity contribution in [2.45, 2.75) is 45.4 Å². The van der Waals surface area contributed by atoms with Crippen molar-refractivity contribution in [1.82, 2.24) is 9.88 Å². The fraction of sp³-hybridized carbons (Fsp3) is 0.423. The van der Waals surface area contributed by atoms with E-state index >= 15 is 0 Å². The van der Waals surface area contributed by atoms with Crippen LogP contribution in [-0.2, 0) is 12.8 Å². The molecule has 3 aromatic rings. The van der Waals surface area contributed by atoms with E-state index in [1.165, 1.54) is 55.5 Å². The number of fused-ring (bicyclic) bond motifs is 1. The molecule has 164 valence electrons. The number of carboxylic acid groups (broad SMARTS) is 1. The molecule has 0 amide bonds. The lowest BCUT2D eigenvalue weighted by molar-refractivity contribution is 0.144. The molecule has 2 heterocycles. The predicted molar refractivity (Wildman–Crippen MR) is 124 cm³/mol. The number of likely N-dealkylation sites (tertiary alicyclic amines) is 1. The Hall–Kier alpha value is -2.79. The van der Waals surface area contributed by atoms with E-state index in [4.69, 9.17) is 9.84 Å². The van der Waals surface area contributed by atoms with Gasteiger partial charge in [0.25, 0.3) is 0 Å². The Morgan fingerprint density at radius 1 is 1.19 bits per heavy atom. The quantitative estimate of drug-likeness (QED) is 0.274. The van der Waals surface area contributed by atoms with E-state index in [-0.39, 0.29) is 0 Å². The van der Waals surface area contributed by atoms with Crippen molar-refractivity contribution >= 4 is 17.1 Å². The van der Waals surface area contributed by atoms with Crippen molar-refractivity contribution in [3.63, 3.8) is 0 Å². The lowest BCUT2D eigenvalue weighted by Crippen LogP contribution is -2.36. The first kappa shape index (κ1) is 21.4. The van der Waals surface area contributed by atoms with E-state index in [0.29, 0.717) is 5.75 Å². The smallest absolute Gasteiger partial charge is 0.449 e. The van der Waals surface area contributed by atoms with E-state index < -0.39 is 6.16 Å². The maximum atomic E-state index is 10.8. The maximum absolute atomic E-state index is 10.8. The molecule has 31 heavy (non-hydrogen) atoms. The number of ether oxygens (including phenoxy) is 1. The molecule has 0 spiro atoms. The normalized spacial score (nSPS) is 17.1. The van der Waals surface area contributed by atoms with Crippen LogP contribution in [0.25, 0.3) is 10.9 Å². The second-order valence-electron chi connectivity index (χ2n) is 8.84. The third-order valence-electron chi connectivity index (χ3n) is 6.36. The summed E-state index contributed by atoms with van der Waals surface area (Å²) in [5.41, 5.74) is 5.03. The minimum atomic E-state index is -1.28. The van der Waals surface area contributed by atoms with Gasteiger partial charge in [0.15, 0.2) is 0 Å². The van der Waals surface area contributed by atoms with E-state index in [0.717, 1.165) is 36.2 Å². The lowest BCUT2D eigenvalue weighted by Gasteiger charge is -2.33. The summed E-state index contributed by atoms with van der Waals surface area (Å²) in [6.45, 7) is 5.72. The van der Waals surface area contributed by atoms with Gasteiger partial charge in [-0.15, -0.1) is 0 Å². The van der Waals surface area contributed by atoms with Crippen molar-refractivity contribution in [2.75, 3.05) is 19.6 Å². The first-order valence-corrected chi connectivity index (χ1v) is 11.4. The minimum absolute atomic E-state index is 0.369. The third-order valence-corrected chi connectivity index (χ3v) is 6.36. The standard InChI is InChI=1S/C26H32N2O3/c1-19-7-9-20(10-8-19)15-21-5-4-14-28(18-21)13-3-2-6-22-17-27-25-12-11-23(16-24(22)25)31-26(29)30/h7-12,16-17,21,27H,2-6,13-15,18H2,1H3,(H,29,30). The highest BCUT2D eigenvalue weighted by molar-refractivity contribution is 5.85. The zero-order valence-electron chi connectivity index (χ0n) is 18.3. The van der Waals surface area contributed by atoms with Gasteiger partial charge in [0, 0.05) is 23.6 Å². The highest BCUT2D eigenvalue weighted by Crippen LogP contribution is 2.26. The fourth-order valence-electron chi connectivity index (χ4n) is 4.76. The number of hydrogen-bond donors (Lipinski definition) is 2. The molecule has 2 aromatic carbocycles. The van der Waals surface area contributed by atoms with Gasteiger partial charge >= 0.3 is 6.16 Å². The molecule has 1 aliphatic rings. The molecule has 5 heteroatoms. The highest BCUT2D eigenvalue weighted by atomic mass is 16.7. The Morgan fingerprint density at radius 3 is 2.84 bits per heavy atom. The number of rotatable bonds is 8. The fourth-order valence-corrected chi connectivity index (χ4v) is 4.76. The van der Waals surface area contributed by atoms with E-state index in [9.17, 15) is 4.79 Å². The predicted octanol–water partition coefficient (Wildman–Crippen LogP) is 5.81. The molecule has 1 atom stereocenters. The van der Waals surface area contributed by atoms with Gasteiger partial charge in [0.2, 0.25) is 0 Å². The summed E-state index contributed by atoms with van der Waals surface area (Å²) in [6, 6.07) is 14.4. The topological polar surface area (TPSA) is 65.6 Å². The van der Waals surface area contributed by atoms with Gasteiger partial charge in [0.05, 0.1) is 0 Å². The largest absolute Gasteiger partial charge is 0.511 e. The van der Waals surface area contributed by atoms with E-state index in [1.807, 2.05) is 18.3 Å². The Morgan fingerprint density at radius 2 is 2.03 bits per heavy atom. The van der Waals surface area contributed by atoms with Crippen molar-refractivity contribution in [2.24, 2.45) is 5.92 Å². The van der Waals surface area contributed by atoms with Crippen molar-refractivity contribution in [3.8, 4) is 5.75 Å². The molecule has 0 bridgehead atoms. The summed E-state index contributed by atoms with van der Waals surface area (Å²) in [4.78, 5) is 16.7. The summed E-state index contributed by atoms with van der Waals surface area (Å²) in [7, 11) is 0. The number of aromatic nitrogens is 1. The minimum Gasteiger partial charge on any atom is -0.449 e. The number of hydrogen-bond acceptors (Lipinski definition) is 3. The molecule has 1 saturated heterocycles. The maximum Gasteiger partial charge on any atom is 0.511 e. The van der Waals surface area contributed by atoms with Crippen LogP contribution in [0.5, 0.6) is 5.75 Å². The number of H-pyrrole nitrogens is 1. The van der Waals surface area contributed by atoms with E-state index in [2.05, 4.69) is 41.1 Å². The highest BCUT2D eigenvalue weighted by Gasteiger charge is 2.19. The second-order valence-corrected chi connectivity index (χ2v) is 8.84. The summed E-state index contributed by atoms with van der Waals surface area (Å²) in [6.07, 6.45) is 7.85. The summed E-state index contributed by atoms with van der Waals surface area (Å²) < 4.78 is 4.81. The Bertz CT molecular complexity index is 1010. The van der Waals surface area contributed by atoms with Gasteiger partial charge in [-0.2, -0.15) is 0 Å². The molecule has 1 aliphatic heterocycles. The van der Waals surface area contributed by atoms with Gasteiger partial charge < -0.3 is 19.7 Å². The molecule has 0 aliphatic carbocycles. The van der Waals surface area contributed by atoms with Crippen LogP contribution in [0, 0.1) is 12.8 Å². The molecular formula is C26H32N2O3. The molecule has 0 radical (unpaired) electrons. The zero-order chi connectivity index (χ0) is 21.6. The number of aromatic amines is 1. The number of carbonyl (C=O) groups is 1. The Kier molecular flexibility index (Phi) is 6.92. The first-order valence-electron chi connectivity index (χ1n) is 11.4. The van der Waals surface area contributed by atoms with Crippen LogP contribution in [0.3, 0.4) is 0 Å². The average molecular weight is 421 g/mol. The van der Waals surface area contributed by atoms with Crippen LogP contribution in [0.4, 0.5) is 4.79 Å². The van der Waals surface area contributed by atoms with Crippen molar-refractivity contribution in [1.29, 1.82) is 0 Å². The molecule has 1 fully saturated rings. The van der Waals surface area contributed by atoms with Gasteiger partial charge in [-0.05, 0) is 93.8 Å². The average Bonchev–Trinajstić information content (AvgIpc) is 3.15.